The standard InChI is InChI=1S/C17H20N4O2/c1-12-11-19-6-3-16(12)21-8-4-13(5-9-21)23-14-2-7-20-15(10-14)17(18)22/h2-3,6-7,10-11,13H,4-5,8-9H2,1H3,(H2,18,22). The second kappa shape index (κ2) is 6.64. The monoisotopic (exact) mass is 312 g/mol. The molecule has 0 spiro atoms. The van der Waals surface area contributed by atoms with Crippen molar-refractivity contribution in [3.63, 3.8) is 0 Å². The maximum absolute atomic E-state index is 11.2. The number of carbonyl (C=O) groups excluding carboxylic acids is 1. The van der Waals surface area contributed by atoms with Crippen LogP contribution in [0.5, 0.6) is 5.75 Å². The van der Waals surface area contributed by atoms with Gasteiger partial charge in [-0.3, -0.25) is 14.8 Å². The van der Waals surface area contributed by atoms with E-state index in [2.05, 4.69) is 27.9 Å². The zero-order valence-corrected chi connectivity index (χ0v) is 13.1. The number of nitrogens with zero attached hydrogens (tertiary/aromatic N) is 3. The first kappa shape index (κ1) is 15.3. The molecule has 6 heteroatoms. The minimum atomic E-state index is -0.543. The molecule has 0 aliphatic carbocycles. The Kier molecular flexibility index (Phi) is 4.41. The third kappa shape index (κ3) is 3.59. The zero-order chi connectivity index (χ0) is 16.2. The van der Waals surface area contributed by atoms with E-state index in [0.29, 0.717) is 5.75 Å². The highest BCUT2D eigenvalue weighted by molar-refractivity contribution is 5.91. The summed E-state index contributed by atoms with van der Waals surface area (Å²) < 4.78 is 5.97. The second-order valence-corrected chi connectivity index (χ2v) is 5.71. The molecule has 120 valence electrons. The lowest BCUT2D eigenvalue weighted by molar-refractivity contribution is 0.0994. The van der Waals surface area contributed by atoms with E-state index in [-0.39, 0.29) is 11.8 Å². The van der Waals surface area contributed by atoms with Crippen molar-refractivity contribution in [2.45, 2.75) is 25.9 Å². The number of hydrogen-bond donors (Lipinski definition) is 1. The molecule has 0 aromatic carbocycles. The van der Waals surface area contributed by atoms with Crippen molar-refractivity contribution in [2.75, 3.05) is 18.0 Å². The van der Waals surface area contributed by atoms with Gasteiger partial charge in [0.1, 0.15) is 17.5 Å². The van der Waals surface area contributed by atoms with E-state index < -0.39 is 5.91 Å². The van der Waals surface area contributed by atoms with Gasteiger partial charge in [-0.2, -0.15) is 0 Å². The predicted octanol–water partition coefficient (Wildman–Crippen LogP) is 1.93. The Bertz CT molecular complexity index is 696. The SMILES string of the molecule is Cc1cnccc1N1CCC(Oc2ccnc(C(N)=O)c2)CC1. The molecule has 1 aliphatic heterocycles. The first-order valence-corrected chi connectivity index (χ1v) is 7.71. The molecule has 0 bridgehead atoms. The van der Waals surface area contributed by atoms with Crippen molar-refractivity contribution >= 4 is 11.6 Å². The van der Waals surface area contributed by atoms with Gasteiger partial charge in [-0.15, -0.1) is 0 Å². The third-order valence-corrected chi connectivity index (χ3v) is 4.06. The molecule has 1 aliphatic rings. The molecule has 0 atom stereocenters. The Morgan fingerprint density at radius 2 is 2.09 bits per heavy atom. The van der Waals surface area contributed by atoms with Gasteiger partial charge in [0.2, 0.25) is 0 Å². The van der Waals surface area contributed by atoms with E-state index in [4.69, 9.17) is 10.5 Å². The highest BCUT2D eigenvalue weighted by atomic mass is 16.5. The van der Waals surface area contributed by atoms with Gasteiger partial charge < -0.3 is 15.4 Å². The number of carbonyl (C=O) groups is 1. The summed E-state index contributed by atoms with van der Waals surface area (Å²) in [6.07, 6.45) is 7.25. The van der Waals surface area contributed by atoms with E-state index in [1.165, 1.54) is 11.3 Å². The van der Waals surface area contributed by atoms with Crippen LogP contribution >= 0.6 is 0 Å². The third-order valence-electron chi connectivity index (χ3n) is 4.06. The Morgan fingerprint density at radius 3 is 2.78 bits per heavy atom. The topological polar surface area (TPSA) is 81.3 Å². The Balaban J connectivity index is 1.60. The summed E-state index contributed by atoms with van der Waals surface area (Å²) in [5.74, 6) is 0.103. The highest BCUT2D eigenvalue weighted by Crippen LogP contribution is 2.25. The fourth-order valence-corrected chi connectivity index (χ4v) is 2.85. The van der Waals surface area contributed by atoms with Gasteiger partial charge in [-0.25, -0.2) is 0 Å². The van der Waals surface area contributed by atoms with Crippen LogP contribution in [0.1, 0.15) is 28.9 Å². The van der Waals surface area contributed by atoms with Crippen LogP contribution in [0.2, 0.25) is 0 Å². The molecule has 0 saturated carbocycles. The largest absolute Gasteiger partial charge is 0.490 e. The molecule has 0 radical (unpaired) electrons. The summed E-state index contributed by atoms with van der Waals surface area (Å²) in [6, 6.07) is 5.41. The van der Waals surface area contributed by atoms with Crippen molar-refractivity contribution < 1.29 is 9.53 Å². The van der Waals surface area contributed by atoms with Gasteiger partial charge in [0.25, 0.3) is 5.91 Å². The number of piperidine rings is 1. The average Bonchev–Trinajstić information content (AvgIpc) is 2.56. The number of aryl methyl sites for hydroxylation is 1. The molecule has 2 aromatic rings. The number of ether oxygens (including phenoxy) is 1. The summed E-state index contributed by atoms with van der Waals surface area (Å²) in [5.41, 5.74) is 7.89. The lowest BCUT2D eigenvalue weighted by Gasteiger charge is -2.34. The number of hydrogen-bond acceptors (Lipinski definition) is 5. The first-order chi connectivity index (χ1) is 11.1. The van der Waals surface area contributed by atoms with Crippen LogP contribution in [0.25, 0.3) is 0 Å². The molecule has 1 saturated heterocycles. The maximum Gasteiger partial charge on any atom is 0.267 e. The fourth-order valence-electron chi connectivity index (χ4n) is 2.85. The molecule has 3 rings (SSSR count). The van der Waals surface area contributed by atoms with Crippen molar-refractivity contribution in [1.29, 1.82) is 0 Å². The molecule has 2 N–H and O–H groups in total. The van der Waals surface area contributed by atoms with Gasteiger partial charge >= 0.3 is 0 Å². The molecule has 0 unspecified atom stereocenters. The van der Waals surface area contributed by atoms with Crippen molar-refractivity contribution in [1.82, 2.24) is 9.97 Å². The average molecular weight is 312 g/mol. The molecule has 1 fully saturated rings. The van der Waals surface area contributed by atoms with Crippen LogP contribution in [0, 0.1) is 6.92 Å². The van der Waals surface area contributed by atoms with E-state index in [1.54, 1.807) is 18.3 Å². The number of rotatable bonds is 4. The Labute approximate surface area is 135 Å². The van der Waals surface area contributed by atoms with Crippen molar-refractivity contribution in [2.24, 2.45) is 5.73 Å². The van der Waals surface area contributed by atoms with Crippen LogP contribution < -0.4 is 15.4 Å². The van der Waals surface area contributed by atoms with Gasteiger partial charge in [0, 0.05) is 56.3 Å². The fraction of sp³-hybridized carbons (Fsp3) is 0.353. The number of pyridine rings is 2. The first-order valence-electron chi connectivity index (χ1n) is 7.71. The summed E-state index contributed by atoms with van der Waals surface area (Å²) in [5, 5.41) is 0. The Hall–Kier alpha value is -2.63. The molecule has 1 amide bonds. The molecule has 23 heavy (non-hydrogen) atoms. The van der Waals surface area contributed by atoms with Gasteiger partial charge in [-0.1, -0.05) is 0 Å². The summed E-state index contributed by atoms with van der Waals surface area (Å²) >= 11 is 0. The smallest absolute Gasteiger partial charge is 0.267 e. The minimum absolute atomic E-state index is 0.136. The molecular formula is C17H20N4O2. The van der Waals surface area contributed by atoms with Gasteiger partial charge in [-0.05, 0) is 24.6 Å². The minimum Gasteiger partial charge on any atom is -0.490 e. The van der Waals surface area contributed by atoms with Gasteiger partial charge in [0.15, 0.2) is 0 Å². The summed E-state index contributed by atoms with van der Waals surface area (Å²) in [4.78, 5) is 21.6. The summed E-state index contributed by atoms with van der Waals surface area (Å²) in [6.45, 7) is 3.94. The normalized spacial score (nSPS) is 15.4. The molecular weight excluding hydrogens is 292 g/mol. The van der Waals surface area contributed by atoms with Gasteiger partial charge in [0.05, 0.1) is 0 Å². The highest BCUT2D eigenvalue weighted by Gasteiger charge is 2.22. The zero-order valence-electron chi connectivity index (χ0n) is 13.1. The lowest BCUT2D eigenvalue weighted by Crippen LogP contribution is -2.38. The van der Waals surface area contributed by atoms with E-state index in [1.807, 2.05) is 12.4 Å². The molecule has 6 nitrogen and oxygen atoms in total. The molecule has 2 aromatic heterocycles. The Morgan fingerprint density at radius 1 is 1.30 bits per heavy atom. The quantitative estimate of drug-likeness (QED) is 0.933. The second-order valence-electron chi connectivity index (χ2n) is 5.71. The van der Waals surface area contributed by atoms with Crippen LogP contribution in [-0.2, 0) is 0 Å². The molecule has 3 heterocycles. The van der Waals surface area contributed by atoms with Crippen LogP contribution in [0.15, 0.2) is 36.8 Å². The van der Waals surface area contributed by atoms with Crippen molar-refractivity contribution in [3.8, 4) is 5.75 Å². The van der Waals surface area contributed by atoms with E-state index >= 15 is 0 Å². The summed E-state index contributed by atoms with van der Waals surface area (Å²) in [7, 11) is 0. The predicted molar refractivity (Wildman–Crippen MR) is 87.6 cm³/mol. The number of primary amides is 1. The number of nitrogens with two attached hydrogens (primary N) is 1. The van der Waals surface area contributed by atoms with Crippen LogP contribution in [0.3, 0.4) is 0 Å². The lowest BCUT2D eigenvalue weighted by atomic mass is 10.1. The van der Waals surface area contributed by atoms with Crippen LogP contribution in [-0.4, -0.2) is 35.1 Å². The number of anilines is 1. The van der Waals surface area contributed by atoms with Crippen LogP contribution in [0.4, 0.5) is 5.69 Å². The number of amides is 1. The maximum atomic E-state index is 11.2. The van der Waals surface area contributed by atoms with E-state index in [9.17, 15) is 4.79 Å². The van der Waals surface area contributed by atoms with Crippen molar-refractivity contribution in [3.05, 3.63) is 48.0 Å². The number of aromatic nitrogens is 2. The van der Waals surface area contributed by atoms with E-state index in [0.717, 1.165) is 25.9 Å².